The van der Waals surface area contributed by atoms with E-state index in [9.17, 15) is 9.18 Å². The molecule has 1 saturated heterocycles. The zero-order valence-electron chi connectivity index (χ0n) is 12.1. The van der Waals surface area contributed by atoms with Gasteiger partial charge in [-0.15, -0.1) is 0 Å². The third-order valence-corrected chi connectivity index (χ3v) is 3.89. The summed E-state index contributed by atoms with van der Waals surface area (Å²) in [7, 11) is 0. The van der Waals surface area contributed by atoms with Crippen LogP contribution in [0.1, 0.15) is 17.2 Å². The minimum Gasteiger partial charge on any atom is -0.352 e. The molecule has 0 spiro atoms. The van der Waals surface area contributed by atoms with Gasteiger partial charge in [0, 0.05) is 18.7 Å². The van der Waals surface area contributed by atoms with Crippen molar-refractivity contribution in [1.29, 1.82) is 0 Å². The number of amides is 1. The van der Waals surface area contributed by atoms with E-state index in [0.717, 1.165) is 5.56 Å². The molecule has 114 valence electrons. The summed E-state index contributed by atoms with van der Waals surface area (Å²) in [6.45, 7) is 0.742. The fourth-order valence-corrected chi connectivity index (χ4v) is 2.67. The van der Waals surface area contributed by atoms with Gasteiger partial charge in [-0.25, -0.2) is 9.82 Å². The molecule has 3 rings (SSSR count). The van der Waals surface area contributed by atoms with Crippen molar-refractivity contribution in [2.45, 2.75) is 12.6 Å². The van der Waals surface area contributed by atoms with Crippen LogP contribution >= 0.6 is 0 Å². The fourth-order valence-electron chi connectivity index (χ4n) is 2.67. The highest BCUT2D eigenvalue weighted by atomic mass is 19.1. The first-order valence-electron chi connectivity index (χ1n) is 7.30. The molecule has 1 heterocycles. The van der Waals surface area contributed by atoms with Crippen molar-refractivity contribution in [3.05, 3.63) is 71.5 Å². The lowest BCUT2D eigenvalue weighted by atomic mass is 9.94. The van der Waals surface area contributed by atoms with E-state index in [-0.39, 0.29) is 30.2 Å². The van der Waals surface area contributed by atoms with Gasteiger partial charge < -0.3 is 5.32 Å². The molecule has 2 aromatic rings. The van der Waals surface area contributed by atoms with Crippen LogP contribution in [-0.2, 0) is 11.3 Å². The minimum absolute atomic E-state index is 0.0816. The zero-order valence-corrected chi connectivity index (χ0v) is 12.1. The number of rotatable bonds is 4. The highest BCUT2D eigenvalue weighted by Crippen LogP contribution is 2.24. The van der Waals surface area contributed by atoms with E-state index in [2.05, 4.69) is 16.2 Å². The molecule has 2 atom stereocenters. The van der Waals surface area contributed by atoms with Gasteiger partial charge in [-0.1, -0.05) is 48.5 Å². The van der Waals surface area contributed by atoms with Gasteiger partial charge in [-0.05, 0) is 11.6 Å². The second-order valence-electron chi connectivity index (χ2n) is 5.33. The molecule has 0 saturated carbocycles. The predicted octanol–water partition coefficient (Wildman–Crippen LogP) is 1.91. The van der Waals surface area contributed by atoms with Gasteiger partial charge in [-0.3, -0.25) is 10.2 Å². The Hall–Kier alpha value is -2.24. The van der Waals surface area contributed by atoms with Crippen LogP contribution in [0.3, 0.4) is 0 Å². The first kappa shape index (κ1) is 14.7. The Balaban J connectivity index is 1.65. The Kier molecular flexibility index (Phi) is 4.46. The van der Waals surface area contributed by atoms with Crippen molar-refractivity contribution in [3.63, 3.8) is 0 Å². The van der Waals surface area contributed by atoms with Crippen LogP contribution in [0.2, 0.25) is 0 Å². The summed E-state index contributed by atoms with van der Waals surface area (Å²) in [5.74, 6) is -0.617. The molecule has 5 heteroatoms. The molecular formula is C17H18FN3O. The van der Waals surface area contributed by atoms with Crippen molar-refractivity contribution in [2.75, 3.05) is 6.54 Å². The van der Waals surface area contributed by atoms with Gasteiger partial charge in [0.15, 0.2) is 0 Å². The molecule has 4 nitrogen and oxygen atoms in total. The van der Waals surface area contributed by atoms with E-state index in [0.29, 0.717) is 12.1 Å². The molecule has 22 heavy (non-hydrogen) atoms. The molecule has 3 N–H and O–H groups in total. The van der Waals surface area contributed by atoms with Crippen molar-refractivity contribution >= 4 is 5.91 Å². The van der Waals surface area contributed by atoms with Crippen molar-refractivity contribution in [2.24, 2.45) is 5.92 Å². The molecule has 2 unspecified atom stereocenters. The van der Waals surface area contributed by atoms with Crippen LogP contribution < -0.4 is 16.2 Å². The van der Waals surface area contributed by atoms with Crippen LogP contribution in [-0.4, -0.2) is 12.5 Å². The van der Waals surface area contributed by atoms with Crippen LogP contribution in [0.25, 0.3) is 0 Å². The minimum atomic E-state index is -0.301. The SMILES string of the molecule is O=C(NCc1ccccc1F)C1CNNC1c1ccccc1. The molecule has 1 aliphatic rings. The number of hydrogen-bond acceptors (Lipinski definition) is 3. The fraction of sp³-hybridized carbons (Fsp3) is 0.235. The largest absolute Gasteiger partial charge is 0.352 e. The van der Waals surface area contributed by atoms with Gasteiger partial charge in [0.2, 0.25) is 5.91 Å². The van der Waals surface area contributed by atoms with Crippen LogP contribution in [0, 0.1) is 11.7 Å². The quantitative estimate of drug-likeness (QED) is 0.808. The summed E-state index contributed by atoms with van der Waals surface area (Å²) in [6.07, 6.45) is 0. The monoisotopic (exact) mass is 299 g/mol. The van der Waals surface area contributed by atoms with Gasteiger partial charge in [-0.2, -0.15) is 0 Å². The number of hydrogen-bond donors (Lipinski definition) is 3. The van der Waals surface area contributed by atoms with Crippen molar-refractivity contribution in [3.8, 4) is 0 Å². The second kappa shape index (κ2) is 6.68. The summed E-state index contributed by atoms with van der Waals surface area (Å²) in [5.41, 5.74) is 7.70. The van der Waals surface area contributed by atoms with E-state index in [4.69, 9.17) is 0 Å². The highest BCUT2D eigenvalue weighted by molar-refractivity contribution is 5.80. The number of nitrogens with one attached hydrogen (secondary N) is 3. The second-order valence-corrected chi connectivity index (χ2v) is 5.33. The summed E-state index contributed by atoms with van der Waals surface area (Å²) in [6, 6.07) is 16.2. The average Bonchev–Trinajstić information content (AvgIpc) is 3.04. The molecule has 1 amide bonds. The third-order valence-electron chi connectivity index (χ3n) is 3.89. The van der Waals surface area contributed by atoms with E-state index in [1.54, 1.807) is 18.2 Å². The first-order chi connectivity index (χ1) is 10.8. The van der Waals surface area contributed by atoms with E-state index in [1.165, 1.54) is 6.07 Å². The summed E-state index contributed by atoms with van der Waals surface area (Å²) < 4.78 is 13.6. The van der Waals surface area contributed by atoms with Gasteiger partial charge in [0.05, 0.1) is 12.0 Å². The number of halogens is 1. The number of carbonyl (C=O) groups excluding carboxylic acids is 1. The van der Waals surface area contributed by atoms with Gasteiger partial charge in [0.1, 0.15) is 5.82 Å². The Morgan fingerprint density at radius 3 is 2.64 bits per heavy atom. The Morgan fingerprint density at radius 2 is 1.86 bits per heavy atom. The average molecular weight is 299 g/mol. The Labute approximate surface area is 128 Å². The molecule has 0 aromatic heterocycles. The van der Waals surface area contributed by atoms with E-state index in [1.807, 2.05) is 30.3 Å². The number of hydrazine groups is 1. The third kappa shape index (κ3) is 3.16. The van der Waals surface area contributed by atoms with Crippen LogP contribution in [0.5, 0.6) is 0 Å². The summed E-state index contributed by atoms with van der Waals surface area (Å²) in [5, 5.41) is 2.82. The predicted molar refractivity (Wildman–Crippen MR) is 82.1 cm³/mol. The van der Waals surface area contributed by atoms with Gasteiger partial charge in [0.25, 0.3) is 0 Å². The molecule has 2 aromatic carbocycles. The summed E-state index contributed by atoms with van der Waals surface area (Å²) >= 11 is 0. The normalized spacial score (nSPS) is 20.8. The number of benzene rings is 2. The lowest BCUT2D eigenvalue weighted by molar-refractivity contribution is -0.125. The maximum absolute atomic E-state index is 13.6. The molecule has 0 bridgehead atoms. The Bertz CT molecular complexity index is 647. The maximum atomic E-state index is 13.6. The van der Waals surface area contributed by atoms with Crippen LogP contribution in [0.15, 0.2) is 54.6 Å². The highest BCUT2D eigenvalue weighted by Gasteiger charge is 2.33. The number of carbonyl (C=O) groups is 1. The molecular weight excluding hydrogens is 281 g/mol. The van der Waals surface area contributed by atoms with Crippen molar-refractivity contribution < 1.29 is 9.18 Å². The van der Waals surface area contributed by atoms with Crippen LogP contribution in [0.4, 0.5) is 4.39 Å². The lowest BCUT2D eigenvalue weighted by Crippen LogP contribution is -2.34. The standard InChI is InChI=1S/C17H18FN3O/c18-15-9-5-4-8-13(15)10-19-17(22)14-11-20-21-16(14)12-6-2-1-3-7-12/h1-9,14,16,20-21H,10-11H2,(H,19,22). The Morgan fingerprint density at radius 1 is 1.14 bits per heavy atom. The smallest absolute Gasteiger partial charge is 0.226 e. The zero-order chi connectivity index (χ0) is 15.4. The topological polar surface area (TPSA) is 53.2 Å². The first-order valence-corrected chi connectivity index (χ1v) is 7.30. The molecule has 0 radical (unpaired) electrons. The van der Waals surface area contributed by atoms with Gasteiger partial charge >= 0.3 is 0 Å². The summed E-state index contributed by atoms with van der Waals surface area (Å²) in [4.78, 5) is 12.4. The van der Waals surface area contributed by atoms with E-state index < -0.39 is 0 Å². The molecule has 1 aliphatic heterocycles. The van der Waals surface area contributed by atoms with E-state index >= 15 is 0 Å². The maximum Gasteiger partial charge on any atom is 0.226 e. The van der Waals surface area contributed by atoms with Crippen molar-refractivity contribution in [1.82, 2.24) is 16.2 Å². The lowest BCUT2D eigenvalue weighted by Gasteiger charge is -2.18. The molecule has 0 aliphatic carbocycles. The molecule has 1 fully saturated rings.